The fourth-order valence-electron chi connectivity index (χ4n) is 1.62. The first-order valence-corrected chi connectivity index (χ1v) is 7.39. The summed E-state index contributed by atoms with van der Waals surface area (Å²) in [6, 6.07) is 7.32. The van der Waals surface area contributed by atoms with Crippen molar-refractivity contribution in [3.05, 3.63) is 24.3 Å². The lowest BCUT2D eigenvalue weighted by Gasteiger charge is -2.10. The topological polar surface area (TPSA) is 95.1 Å². The summed E-state index contributed by atoms with van der Waals surface area (Å²) in [5.74, 6) is 1.04. The first-order valence-electron chi connectivity index (χ1n) is 6.41. The molecule has 3 N–H and O–H groups in total. The van der Waals surface area contributed by atoms with Crippen LogP contribution >= 0.6 is 11.8 Å². The summed E-state index contributed by atoms with van der Waals surface area (Å²) < 4.78 is 7.09. The Hall–Kier alpha value is -2.22. The van der Waals surface area contributed by atoms with Gasteiger partial charge in [0.2, 0.25) is 11.9 Å². The number of hydrogen-bond acceptors (Lipinski definition) is 6. The summed E-state index contributed by atoms with van der Waals surface area (Å²) in [7, 11) is 1.75. The molecular formula is C13H17N5O2S. The molecule has 0 unspecified atom stereocenters. The second-order valence-corrected chi connectivity index (χ2v) is 5.11. The standard InChI is InChI=1S/C13H17N5O2S/c1-3-20-10-7-5-4-6-9(10)15-11(19)8-21-13-17-16-12(14)18(13)2/h4-7H,3,8H2,1-2H3,(H2,14,16)(H,15,19). The van der Waals surface area contributed by atoms with E-state index >= 15 is 0 Å². The van der Waals surface area contributed by atoms with Crippen molar-refractivity contribution in [2.75, 3.05) is 23.4 Å². The maximum Gasteiger partial charge on any atom is 0.234 e. The number of hydrogen-bond donors (Lipinski definition) is 2. The Labute approximate surface area is 126 Å². The van der Waals surface area contributed by atoms with Gasteiger partial charge >= 0.3 is 0 Å². The van der Waals surface area contributed by atoms with Crippen LogP contribution in [0.5, 0.6) is 5.75 Å². The molecule has 0 bridgehead atoms. The number of benzene rings is 1. The Morgan fingerprint density at radius 3 is 2.86 bits per heavy atom. The van der Waals surface area contributed by atoms with Crippen LogP contribution in [0.15, 0.2) is 29.4 Å². The van der Waals surface area contributed by atoms with Crippen LogP contribution in [0.25, 0.3) is 0 Å². The molecule has 7 nitrogen and oxygen atoms in total. The molecule has 1 heterocycles. The van der Waals surface area contributed by atoms with Gasteiger partial charge in [0.1, 0.15) is 5.75 Å². The smallest absolute Gasteiger partial charge is 0.234 e. The molecule has 0 radical (unpaired) electrons. The third-order valence-corrected chi connectivity index (χ3v) is 3.68. The van der Waals surface area contributed by atoms with Gasteiger partial charge in [-0.15, -0.1) is 10.2 Å². The molecule has 0 aliphatic carbocycles. The molecule has 0 saturated carbocycles. The molecule has 0 fully saturated rings. The van der Waals surface area contributed by atoms with Crippen LogP contribution in [-0.2, 0) is 11.8 Å². The van der Waals surface area contributed by atoms with E-state index in [1.807, 2.05) is 25.1 Å². The highest BCUT2D eigenvalue weighted by molar-refractivity contribution is 7.99. The zero-order valence-corrected chi connectivity index (χ0v) is 12.7. The number of nitrogen functional groups attached to an aromatic ring is 1. The third kappa shape index (κ3) is 3.88. The number of nitrogens with two attached hydrogens (primary N) is 1. The zero-order chi connectivity index (χ0) is 15.2. The van der Waals surface area contributed by atoms with Crippen LogP contribution in [0.1, 0.15) is 6.92 Å². The van der Waals surface area contributed by atoms with E-state index in [9.17, 15) is 4.79 Å². The predicted molar refractivity (Wildman–Crippen MR) is 82.4 cm³/mol. The maximum absolute atomic E-state index is 12.0. The fraction of sp³-hybridized carbons (Fsp3) is 0.308. The number of para-hydroxylation sites is 2. The van der Waals surface area contributed by atoms with Crippen LogP contribution in [0.2, 0.25) is 0 Å². The molecule has 112 valence electrons. The van der Waals surface area contributed by atoms with E-state index in [1.165, 1.54) is 11.8 Å². The molecule has 2 rings (SSSR count). The van der Waals surface area contributed by atoms with E-state index in [1.54, 1.807) is 17.7 Å². The Kier molecular flexibility index (Phi) is 5.04. The van der Waals surface area contributed by atoms with Crippen molar-refractivity contribution in [2.24, 2.45) is 7.05 Å². The van der Waals surface area contributed by atoms with Crippen LogP contribution < -0.4 is 15.8 Å². The van der Waals surface area contributed by atoms with Gasteiger partial charge in [0.05, 0.1) is 18.0 Å². The number of nitrogens with one attached hydrogen (secondary N) is 1. The van der Waals surface area contributed by atoms with Crippen molar-refractivity contribution < 1.29 is 9.53 Å². The molecule has 0 aliphatic rings. The first-order chi connectivity index (χ1) is 10.1. The lowest BCUT2D eigenvalue weighted by atomic mass is 10.3. The van der Waals surface area contributed by atoms with E-state index in [4.69, 9.17) is 10.5 Å². The largest absolute Gasteiger partial charge is 0.492 e. The summed E-state index contributed by atoms with van der Waals surface area (Å²) in [4.78, 5) is 12.0. The minimum atomic E-state index is -0.145. The first kappa shape index (κ1) is 15.2. The van der Waals surface area contributed by atoms with Gasteiger partial charge in [0, 0.05) is 7.05 Å². The molecule has 0 spiro atoms. The minimum absolute atomic E-state index is 0.145. The Balaban J connectivity index is 1.94. The van der Waals surface area contributed by atoms with Crippen LogP contribution in [-0.4, -0.2) is 33.0 Å². The molecule has 21 heavy (non-hydrogen) atoms. The van der Waals surface area contributed by atoms with Crippen molar-refractivity contribution in [2.45, 2.75) is 12.1 Å². The Bertz CT molecular complexity index is 629. The van der Waals surface area contributed by atoms with Crippen LogP contribution in [0.3, 0.4) is 0 Å². The summed E-state index contributed by atoms with van der Waals surface area (Å²) in [5.41, 5.74) is 6.24. The van der Waals surface area contributed by atoms with Gasteiger partial charge in [-0.2, -0.15) is 0 Å². The number of nitrogens with zero attached hydrogens (tertiary/aromatic N) is 3. The van der Waals surface area contributed by atoms with Gasteiger partial charge in [0.15, 0.2) is 5.16 Å². The van der Waals surface area contributed by atoms with Gasteiger partial charge < -0.3 is 15.8 Å². The van der Waals surface area contributed by atoms with Gasteiger partial charge in [-0.3, -0.25) is 9.36 Å². The zero-order valence-electron chi connectivity index (χ0n) is 11.9. The molecule has 0 atom stereocenters. The van der Waals surface area contributed by atoms with E-state index < -0.39 is 0 Å². The van der Waals surface area contributed by atoms with Crippen molar-refractivity contribution in [3.8, 4) is 5.75 Å². The molecule has 1 aromatic heterocycles. The molecule has 0 saturated heterocycles. The predicted octanol–water partition coefficient (Wildman–Crippen LogP) is 1.53. The minimum Gasteiger partial charge on any atom is -0.492 e. The number of anilines is 2. The van der Waals surface area contributed by atoms with Gasteiger partial charge in [-0.25, -0.2) is 0 Å². The summed E-state index contributed by atoms with van der Waals surface area (Å²) >= 11 is 1.27. The second kappa shape index (κ2) is 6.98. The highest BCUT2D eigenvalue weighted by Gasteiger charge is 2.11. The lowest BCUT2D eigenvalue weighted by Crippen LogP contribution is -2.15. The van der Waals surface area contributed by atoms with E-state index in [0.29, 0.717) is 29.1 Å². The van der Waals surface area contributed by atoms with Gasteiger partial charge in [0.25, 0.3) is 0 Å². The van der Waals surface area contributed by atoms with E-state index in [-0.39, 0.29) is 11.7 Å². The van der Waals surface area contributed by atoms with Crippen molar-refractivity contribution in [3.63, 3.8) is 0 Å². The Morgan fingerprint density at radius 1 is 1.43 bits per heavy atom. The molecule has 1 aromatic carbocycles. The highest BCUT2D eigenvalue weighted by atomic mass is 32.2. The van der Waals surface area contributed by atoms with Gasteiger partial charge in [-0.05, 0) is 19.1 Å². The van der Waals surface area contributed by atoms with Crippen LogP contribution in [0.4, 0.5) is 11.6 Å². The van der Waals surface area contributed by atoms with Crippen molar-refractivity contribution in [1.29, 1.82) is 0 Å². The van der Waals surface area contributed by atoms with E-state index in [2.05, 4.69) is 15.5 Å². The van der Waals surface area contributed by atoms with Crippen molar-refractivity contribution in [1.82, 2.24) is 14.8 Å². The molecular weight excluding hydrogens is 290 g/mol. The molecule has 8 heteroatoms. The van der Waals surface area contributed by atoms with E-state index in [0.717, 1.165) is 0 Å². The normalized spacial score (nSPS) is 10.4. The molecule has 2 aromatic rings. The number of thioether (sulfide) groups is 1. The lowest BCUT2D eigenvalue weighted by molar-refractivity contribution is -0.113. The summed E-state index contributed by atoms with van der Waals surface area (Å²) in [6.45, 7) is 2.44. The fourth-order valence-corrected chi connectivity index (χ4v) is 2.34. The quantitative estimate of drug-likeness (QED) is 0.786. The second-order valence-electron chi connectivity index (χ2n) is 4.17. The highest BCUT2D eigenvalue weighted by Crippen LogP contribution is 2.24. The Morgan fingerprint density at radius 2 is 2.19 bits per heavy atom. The van der Waals surface area contributed by atoms with Gasteiger partial charge in [-0.1, -0.05) is 23.9 Å². The molecule has 0 aliphatic heterocycles. The molecule has 1 amide bonds. The summed E-state index contributed by atoms with van der Waals surface area (Å²) in [5, 5.41) is 11.0. The number of carbonyl (C=O) groups is 1. The SMILES string of the molecule is CCOc1ccccc1NC(=O)CSc1nnc(N)n1C. The number of rotatable bonds is 6. The van der Waals surface area contributed by atoms with Crippen molar-refractivity contribution >= 4 is 29.3 Å². The number of carbonyl (C=O) groups excluding carboxylic acids is 1. The maximum atomic E-state index is 12.0. The number of ether oxygens (including phenoxy) is 1. The summed E-state index contributed by atoms with van der Waals surface area (Å²) in [6.07, 6.45) is 0. The number of amides is 1. The van der Waals surface area contributed by atoms with Crippen LogP contribution in [0, 0.1) is 0 Å². The number of aromatic nitrogens is 3. The average Bonchev–Trinajstić information content (AvgIpc) is 2.79. The average molecular weight is 307 g/mol. The monoisotopic (exact) mass is 307 g/mol. The third-order valence-electron chi connectivity index (χ3n) is 2.66.